The van der Waals surface area contributed by atoms with E-state index in [9.17, 15) is 10.3 Å². The highest BCUT2D eigenvalue weighted by Gasteiger charge is 2.25. The van der Waals surface area contributed by atoms with E-state index in [1.165, 1.54) is 23.9 Å². The lowest BCUT2D eigenvalue weighted by Crippen LogP contribution is -2.16. The summed E-state index contributed by atoms with van der Waals surface area (Å²) < 4.78 is 0.923. The van der Waals surface area contributed by atoms with Crippen LogP contribution in [0.25, 0.3) is 34.0 Å². The van der Waals surface area contributed by atoms with Crippen molar-refractivity contribution in [3.63, 3.8) is 0 Å². The molecule has 0 aliphatic carbocycles. The molecule has 2 aromatic heterocycles. The van der Waals surface area contributed by atoms with E-state index >= 15 is 0 Å². The molecule has 35 heavy (non-hydrogen) atoms. The van der Waals surface area contributed by atoms with Gasteiger partial charge in [-0.1, -0.05) is 72.7 Å². The van der Waals surface area contributed by atoms with Gasteiger partial charge in [-0.15, -0.1) is 5.54 Å². The van der Waals surface area contributed by atoms with Crippen LogP contribution >= 0.6 is 35.0 Å². The average molecular weight is 542 g/mol. The van der Waals surface area contributed by atoms with E-state index in [-0.39, 0.29) is 27.2 Å². The van der Waals surface area contributed by atoms with Crippen LogP contribution in [-0.4, -0.2) is 44.3 Å². The second-order valence-electron chi connectivity index (χ2n) is 8.74. The molecule has 178 valence electrons. The van der Waals surface area contributed by atoms with Gasteiger partial charge in [0.2, 0.25) is 0 Å². The summed E-state index contributed by atoms with van der Waals surface area (Å²) in [7, 11) is -1.57. The number of imidazole rings is 1. The number of aromatic nitrogens is 4. The summed E-state index contributed by atoms with van der Waals surface area (Å²) in [5.74, 6) is 3.30. The Morgan fingerprint density at radius 1 is 1.03 bits per heavy atom. The second kappa shape index (κ2) is 9.95. The minimum Gasteiger partial charge on any atom is -0.508 e. The van der Waals surface area contributed by atoms with Crippen molar-refractivity contribution in [3.05, 3.63) is 64.3 Å². The van der Waals surface area contributed by atoms with Gasteiger partial charge in [0.1, 0.15) is 25.2 Å². The van der Waals surface area contributed by atoms with E-state index < -0.39 is 8.07 Å². The van der Waals surface area contributed by atoms with Crippen LogP contribution in [0.4, 0.5) is 0 Å². The first-order valence-corrected chi connectivity index (χ1v) is 16.1. The Balaban J connectivity index is 1.99. The minimum absolute atomic E-state index is 0.0886. The van der Waals surface area contributed by atoms with Gasteiger partial charge in [0.05, 0.1) is 21.3 Å². The molecule has 10 heteroatoms. The maximum absolute atomic E-state index is 11.3. The summed E-state index contributed by atoms with van der Waals surface area (Å²) in [6.07, 6.45) is 3.50. The quantitative estimate of drug-likeness (QED) is 0.0964. The summed E-state index contributed by atoms with van der Waals surface area (Å²) in [5.41, 5.74) is 6.56. The number of hydrogen-bond acceptors (Lipinski definition) is 6. The first-order valence-electron chi connectivity index (χ1n) is 10.6. The second-order valence-corrected chi connectivity index (χ2v) is 15.1. The van der Waals surface area contributed by atoms with Crippen molar-refractivity contribution >= 4 is 43.0 Å². The Morgan fingerprint density at radius 2 is 1.74 bits per heavy atom. The molecule has 0 fully saturated rings. The van der Waals surface area contributed by atoms with Crippen molar-refractivity contribution < 1.29 is 10.3 Å². The topological polar surface area (TPSA) is 84.1 Å². The maximum atomic E-state index is 11.3. The van der Waals surface area contributed by atoms with E-state index in [1.807, 2.05) is 30.5 Å². The summed E-state index contributed by atoms with van der Waals surface area (Å²) in [4.78, 5) is 13.5. The third-order valence-corrected chi connectivity index (χ3v) is 6.91. The van der Waals surface area contributed by atoms with Gasteiger partial charge >= 0.3 is 0 Å². The number of rotatable bonds is 4. The van der Waals surface area contributed by atoms with Gasteiger partial charge in [0.25, 0.3) is 0 Å². The zero-order valence-electron chi connectivity index (χ0n) is 19.5. The molecular weight excluding hydrogens is 519 g/mol. The zero-order chi connectivity index (χ0) is 25.3. The Bertz CT molecular complexity index is 1470. The van der Waals surface area contributed by atoms with Crippen molar-refractivity contribution in [3.8, 4) is 51.2 Å². The van der Waals surface area contributed by atoms with Crippen LogP contribution in [0.1, 0.15) is 5.56 Å². The van der Waals surface area contributed by atoms with Gasteiger partial charge < -0.3 is 10.3 Å². The molecule has 0 radical (unpaired) electrons. The molecule has 2 aromatic carbocycles. The fourth-order valence-electron chi connectivity index (χ4n) is 3.35. The molecule has 0 saturated heterocycles. The molecule has 2 N–H and O–H groups in total. The lowest BCUT2D eigenvalue weighted by molar-refractivity contribution is 0.195. The summed E-state index contributed by atoms with van der Waals surface area (Å²) in [6, 6.07) is 12.1. The zero-order valence-corrected chi connectivity index (χ0v) is 22.8. The number of nitrogens with zero attached hydrogens (tertiary/aromatic N) is 4. The van der Waals surface area contributed by atoms with E-state index in [4.69, 9.17) is 28.2 Å². The number of halogens is 2. The third kappa shape index (κ3) is 5.49. The first kappa shape index (κ1) is 25.1. The average Bonchev–Trinajstić information content (AvgIpc) is 3.13. The number of aromatic hydroxyl groups is 1. The molecule has 0 unspecified atom stereocenters. The highest BCUT2D eigenvalue weighted by molar-refractivity contribution is 7.98. The van der Waals surface area contributed by atoms with Crippen LogP contribution in [0.15, 0.2) is 53.8 Å². The third-order valence-electron chi connectivity index (χ3n) is 4.88. The molecule has 0 aliphatic rings. The molecule has 4 rings (SSSR count). The van der Waals surface area contributed by atoms with Crippen LogP contribution in [0, 0.1) is 11.5 Å². The maximum Gasteiger partial charge on any atom is 0.187 e. The van der Waals surface area contributed by atoms with Gasteiger partial charge in [0, 0.05) is 17.3 Å². The molecular formula is C25H22Cl2N4O2SSi. The Hall–Kier alpha value is -2.96. The molecule has 0 saturated carbocycles. The van der Waals surface area contributed by atoms with Crippen molar-refractivity contribution in [2.75, 3.05) is 6.26 Å². The van der Waals surface area contributed by atoms with Gasteiger partial charge in [0.15, 0.2) is 11.0 Å². The van der Waals surface area contributed by atoms with Crippen molar-refractivity contribution in [2.45, 2.75) is 24.8 Å². The van der Waals surface area contributed by atoms with E-state index in [1.54, 1.807) is 12.3 Å². The number of phenols is 1. The van der Waals surface area contributed by atoms with Crippen LogP contribution in [0.5, 0.6) is 5.75 Å². The van der Waals surface area contributed by atoms with Crippen LogP contribution in [-0.2, 0) is 0 Å². The Kier molecular flexibility index (Phi) is 7.15. The molecule has 0 aliphatic heterocycles. The van der Waals surface area contributed by atoms with E-state index in [0.29, 0.717) is 22.2 Å². The molecule has 4 aromatic rings. The SMILES string of the molecule is CSc1nccc(-c2c(-c3cccc(C#C[Si](C)(C)C)c3)nc(-c3c(Cl)cc(O)cc3Cl)n2O)n1. The van der Waals surface area contributed by atoms with Crippen LogP contribution in [0.3, 0.4) is 0 Å². The van der Waals surface area contributed by atoms with Crippen LogP contribution in [0.2, 0.25) is 29.7 Å². The van der Waals surface area contributed by atoms with Crippen LogP contribution < -0.4 is 0 Å². The first-order chi connectivity index (χ1) is 16.6. The highest BCUT2D eigenvalue weighted by Crippen LogP contribution is 2.41. The van der Waals surface area contributed by atoms with E-state index in [2.05, 4.69) is 41.1 Å². The normalized spacial score (nSPS) is 11.3. The summed E-state index contributed by atoms with van der Waals surface area (Å²) in [5, 5.41) is 22.0. The molecule has 0 atom stereocenters. The number of thioether (sulfide) groups is 1. The molecule has 6 nitrogen and oxygen atoms in total. The van der Waals surface area contributed by atoms with Gasteiger partial charge in [-0.25, -0.2) is 15.0 Å². The van der Waals surface area contributed by atoms with Gasteiger partial charge in [-0.3, -0.25) is 0 Å². The molecule has 0 bridgehead atoms. The standard InChI is InChI=1S/C25H22Cl2N4O2SSi/c1-34-25-28-10-8-20(29-25)23-22(16-7-5-6-15(12-16)9-11-35(2,3)4)30-24(31(23)33)21-18(26)13-17(32)14-19(21)27/h5-8,10,12-14,32-33H,1-4H3. The van der Waals surface area contributed by atoms with Gasteiger partial charge in [-0.2, -0.15) is 4.73 Å². The lowest BCUT2D eigenvalue weighted by atomic mass is 10.1. The molecule has 0 spiro atoms. The highest BCUT2D eigenvalue weighted by atomic mass is 35.5. The fraction of sp³-hybridized carbons (Fsp3) is 0.160. The largest absolute Gasteiger partial charge is 0.508 e. The Labute approximate surface area is 219 Å². The number of hydrogen-bond donors (Lipinski definition) is 2. The number of benzene rings is 2. The van der Waals surface area contributed by atoms with Crippen molar-refractivity contribution in [1.29, 1.82) is 0 Å². The smallest absolute Gasteiger partial charge is 0.187 e. The van der Waals surface area contributed by atoms with Gasteiger partial charge in [-0.05, 0) is 36.6 Å². The minimum atomic E-state index is -1.57. The number of phenolic OH excluding ortho intramolecular Hbond substituents is 1. The lowest BCUT2D eigenvalue weighted by Gasteiger charge is -2.09. The van der Waals surface area contributed by atoms with Crippen molar-refractivity contribution in [1.82, 2.24) is 19.7 Å². The summed E-state index contributed by atoms with van der Waals surface area (Å²) in [6.45, 7) is 6.56. The predicted octanol–water partition coefficient (Wildman–Crippen LogP) is 6.87. The molecule has 0 amide bonds. The van der Waals surface area contributed by atoms with E-state index in [0.717, 1.165) is 15.9 Å². The molecule has 2 heterocycles. The summed E-state index contributed by atoms with van der Waals surface area (Å²) >= 11 is 14.2. The monoisotopic (exact) mass is 540 g/mol. The van der Waals surface area contributed by atoms with Crippen molar-refractivity contribution in [2.24, 2.45) is 0 Å². The fourth-order valence-corrected chi connectivity index (χ4v) is 4.87. The predicted molar refractivity (Wildman–Crippen MR) is 145 cm³/mol. The Morgan fingerprint density at radius 3 is 2.40 bits per heavy atom.